The smallest absolute Gasteiger partial charge is 0.0371 e. The third-order valence-corrected chi connectivity index (χ3v) is 3.73. The average molecular weight is 216 g/mol. The summed E-state index contributed by atoms with van der Waals surface area (Å²) in [6, 6.07) is 10.5. The number of hydrogen-bond donors (Lipinski definition) is 1. The van der Waals surface area contributed by atoms with E-state index in [1.54, 1.807) is 0 Å². The molecule has 0 aromatic heterocycles. The first-order valence-electron chi connectivity index (χ1n) is 6.42. The second-order valence-electron chi connectivity index (χ2n) is 5.16. The number of rotatable bonds is 4. The fraction of sp³-hybridized carbons (Fsp3) is 0.571. The number of hydrogen-bond acceptors (Lipinski definition) is 2. The number of nitrogens with one attached hydrogen (secondary N) is 1. The molecule has 2 aliphatic rings. The van der Waals surface area contributed by atoms with E-state index in [4.69, 9.17) is 0 Å². The van der Waals surface area contributed by atoms with Crippen molar-refractivity contribution >= 4 is 5.69 Å². The van der Waals surface area contributed by atoms with Crippen LogP contribution < -0.4 is 10.2 Å². The molecule has 2 heteroatoms. The van der Waals surface area contributed by atoms with Gasteiger partial charge in [0.25, 0.3) is 0 Å². The van der Waals surface area contributed by atoms with Gasteiger partial charge in [0.1, 0.15) is 0 Å². The Morgan fingerprint density at radius 2 is 2.19 bits per heavy atom. The largest absolute Gasteiger partial charge is 0.369 e. The molecule has 1 atom stereocenters. The Morgan fingerprint density at radius 3 is 2.81 bits per heavy atom. The van der Waals surface area contributed by atoms with Crippen LogP contribution in [0.4, 0.5) is 5.69 Å². The molecule has 16 heavy (non-hydrogen) atoms. The maximum atomic E-state index is 3.57. The zero-order chi connectivity index (χ0) is 11.0. The van der Waals surface area contributed by atoms with Gasteiger partial charge >= 0.3 is 0 Å². The minimum absolute atomic E-state index is 0.728. The number of anilines is 1. The average Bonchev–Trinajstić information content (AvgIpc) is 3.09. The minimum Gasteiger partial charge on any atom is -0.369 e. The summed E-state index contributed by atoms with van der Waals surface area (Å²) in [4.78, 5) is 2.49. The Labute approximate surface area is 97.6 Å². The quantitative estimate of drug-likeness (QED) is 0.832. The molecule has 1 aromatic carbocycles. The topological polar surface area (TPSA) is 15.3 Å². The van der Waals surface area contributed by atoms with Gasteiger partial charge in [-0.25, -0.2) is 0 Å². The van der Waals surface area contributed by atoms with Crippen molar-refractivity contribution < 1.29 is 0 Å². The SMILES string of the molecule is CC1CCN1c1cccc(CNC2CC2)c1. The van der Waals surface area contributed by atoms with E-state index < -0.39 is 0 Å². The Hall–Kier alpha value is -1.02. The van der Waals surface area contributed by atoms with E-state index >= 15 is 0 Å². The van der Waals surface area contributed by atoms with Crippen LogP contribution >= 0.6 is 0 Å². The lowest BCUT2D eigenvalue weighted by Crippen LogP contribution is -2.45. The summed E-state index contributed by atoms with van der Waals surface area (Å²) in [6.07, 6.45) is 4.07. The molecule has 1 N–H and O–H groups in total. The van der Waals surface area contributed by atoms with Gasteiger partial charge in [-0.2, -0.15) is 0 Å². The molecule has 1 unspecified atom stereocenters. The van der Waals surface area contributed by atoms with Crippen molar-refractivity contribution in [3.63, 3.8) is 0 Å². The molecule has 0 bridgehead atoms. The first kappa shape index (κ1) is 10.2. The first-order valence-corrected chi connectivity index (χ1v) is 6.42. The Balaban J connectivity index is 1.66. The third-order valence-electron chi connectivity index (χ3n) is 3.73. The van der Waals surface area contributed by atoms with Gasteiger partial charge < -0.3 is 10.2 Å². The fourth-order valence-corrected chi connectivity index (χ4v) is 2.29. The second kappa shape index (κ2) is 4.10. The maximum Gasteiger partial charge on any atom is 0.0371 e. The van der Waals surface area contributed by atoms with Crippen LogP contribution in [0.25, 0.3) is 0 Å². The predicted molar refractivity (Wildman–Crippen MR) is 67.7 cm³/mol. The molecule has 1 heterocycles. The van der Waals surface area contributed by atoms with E-state index in [9.17, 15) is 0 Å². The van der Waals surface area contributed by atoms with Crippen LogP contribution in [0.3, 0.4) is 0 Å². The second-order valence-corrected chi connectivity index (χ2v) is 5.16. The highest BCUT2D eigenvalue weighted by atomic mass is 15.2. The molecular formula is C14H20N2. The molecule has 1 saturated carbocycles. The van der Waals surface area contributed by atoms with Crippen LogP contribution in [0.2, 0.25) is 0 Å². The van der Waals surface area contributed by atoms with Gasteiger partial charge in [0.2, 0.25) is 0 Å². The summed E-state index contributed by atoms with van der Waals surface area (Å²) in [6.45, 7) is 4.56. The summed E-state index contributed by atoms with van der Waals surface area (Å²) < 4.78 is 0. The molecule has 0 spiro atoms. The zero-order valence-corrected chi connectivity index (χ0v) is 9.95. The van der Waals surface area contributed by atoms with Gasteiger partial charge in [-0.05, 0) is 43.9 Å². The molecule has 2 nitrogen and oxygen atoms in total. The van der Waals surface area contributed by atoms with Crippen molar-refractivity contribution in [2.24, 2.45) is 0 Å². The molecule has 1 saturated heterocycles. The lowest BCUT2D eigenvalue weighted by Gasteiger charge is -2.41. The summed E-state index contributed by atoms with van der Waals surface area (Å²) in [5.41, 5.74) is 2.82. The minimum atomic E-state index is 0.728. The van der Waals surface area contributed by atoms with Crippen molar-refractivity contribution in [2.45, 2.75) is 44.8 Å². The zero-order valence-electron chi connectivity index (χ0n) is 9.95. The van der Waals surface area contributed by atoms with Crippen LogP contribution in [-0.4, -0.2) is 18.6 Å². The van der Waals surface area contributed by atoms with Crippen LogP contribution in [0.5, 0.6) is 0 Å². The molecule has 1 aromatic rings. The van der Waals surface area contributed by atoms with E-state index in [-0.39, 0.29) is 0 Å². The monoisotopic (exact) mass is 216 g/mol. The fourth-order valence-electron chi connectivity index (χ4n) is 2.29. The maximum absolute atomic E-state index is 3.57. The lowest BCUT2D eigenvalue weighted by atomic mass is 10.0. The van der Waals surface area contributed by atoms with Crippen molar-refractivity contribution in [3.05, 3.63) is 29.8 Å². The van der Waals surface area contributed by atoms with E-state index in [1.165, 1.54) is 37.1 Å². The van der Waals surface area contributed by atoms with E-state index in [0.29, 0.717) is 0 Å². The van der Waals surface area contributed by atoms with E-state index in [2.05, 4.69) is 41.4 Å². The van der Waals surface area contributed by atoms with Crippen molar-refractivity contribution in [3.8, 4) is 0 Å². The highest BCUT2D eigenvalue weighted by Crippen LogP contribution is 2.27. The summed E-state index contributed by atoms with van der Waals surface area (Å²) in [7, 11) is 0. The molecule has 1 aliphatic carbocycles. The molecule has 0 radical (unpaired) electrons. The van der Waals surface area contributed by atoms with Crippen LogP contribution in [0.1, 0.15) is 31.7 Å². The van der Waals surface area contributed by atoms with Crippen molar-refractivity contribution in [1.82, 2.24) is 5.32 Å². The van der Waals surface area contributed by atoms with E-state index in [1.807, 2.05) is 0 Å². The van der Waals surface area contributed by atoms with Crippen molar-refractivity contribution in [1.29, 1.82) is 0 Å². The first-order chi connectivity index (χ1) is 7.83. The molecule has 86 valence electrons. The molecule has 3 rings (SSSR count). The van der Waals surface area contributed by atoms with Gasteiger partial charge in [0.05, 0.1) is 0 Å². The Morgan fingerprint density at radius 1 is 1.31 bits per heavy atom. The van der Waals surface area contributed by atoms with Gasteiger partial charge in [0, 0.05) is 30.9 Å². The summed E-state index contributed by atoms with van der Waals surface area (Å²) in [5.74, 6) is 0. The number of nitrogens with zero attached hydrogens (tertiary/aromatic N) is 1. The van der Waals surface area contributed by atoms with E-state index in [0.717, 1.165) is 18.6 Å². The highest BCUT2D eigenvalue weighted by molar-refractivity contribution is 5.51. The standard InChI is InChI=1S/C14H20N2/c1-11-7-8-16(11)14-4-2-3-12(9-14)10-15-13-5-6-13/h2-4,9,11,13,15H,5-8,10H2,1H3. The van der Waals surface area contributed by atoms with Crippen LogP contribution in [0, 0.1) is 0 Å². The van der Waals surface area contributed by atoms with Gasteiger partial charge in [0.15, 0.2) is 0 Å². The molecule has 0 amide bonds. The molecule has 1 aliphatic heterocycles. The molecular weight excluding hydrogens is 196 g/mol. The normalized spacial score (nSPS) is 24.3. The Bertz CT molecular complexity index is 371. The van der Waals surface area contributed by atoms with Crippen LogP contribution in [-0.2, 0) is 6.54 Å². The van der Waals surface area contributed by atoms with Gasteiger partial charge in [-0.1, -0.05) is 12.1 Å². The molecule has 2 fully saturated rings. The highest BCUT2D eigenvalue weighted by Gasteiger charge is 2.24. The lowest BCUT2D eigenvalue weighted by molar-refractivity contribution is 0.481. The summed E-state index contributed by atoms with van der Waals surface area (Å²) >= 11 is 0. The Kier molecular flexibility index (Phi) is 2.60. The van der Waals surface area contributed by atoms with Gasteiger partial charge in [-0.15, -0.1) is 0 Å². The van der Waals surface area contributed by atoms with Crippen LogP contribution in [0.15, 0.2) is 24.3 Å². The summed E-state index contributed by atoms with van der Waals surface area (Å²) in [5, 5.41) is 3.57. The number of benzene rings is 1. The van der Waals surface area contributed by atoms with Gasteiger partial charge in [-0.3, -0.25) is 0 Å². The predicted octanol–water partition coefficient (Wildman–Crippen LogP) is 2.54. The third kappa shape index (κ3) is 2.07. The van der Waals surface area contributed by atoms with Crippen molar-refractivity contribution in [2.75, 3.05) is 11.4 Å².